The molecule has 1 fully saturated rings. The second-order valence-electron chi connectivity index (χ2n) is 5.42. The molecule has 2 heterocycles. The number of carbonyl (C=O) groups excluding carboxylic acids is 1. The van der Waals surface area contributed by atoms with Crippen LogP contribution in [0.2, 0.25) is 0 Å². The minimum absolute atomic E-state index is 0. The van der Waals surface area contributed by atoms with Gasteiger partial charge in [0.2, 0.25) is 5.91 Å². The molecule has 1 aromatic carbocycles. The Labute approximate surface area is 125 Å². The average molecular weight is 297 g/mol. The zero-order valence-corrected chi connectivity index (χ0v) is 12.5. The Bertz CT molecular complexity index is 475. The van der Waals surface area contributed by atoms with Crippen molar-refractivity contribution < 1.29 is 9.53 Å². The number of benzene rings is 1. The summed E-state index contributed by atoms with van der Waals surface area (Å²) in [6.07, 6.45) is 1.84. The van der Waals surface area contributed by atoms with Crippen LogP contribution in [0.5, 0.6) is 5.75 Å². The minimum Gasteiger partial charge on any atom is -0.492 e. The zero-order chi connectivity index (χ0) is 13.2. The van der Waals surface area contributed by atoms with Crippen LogP contribution in [0.1, 0.15) is 12.0 Å². The van der Waals surface area contributed by atoms with E-state index in [9.17, 15) is 4.79 Å². The zero-order valence-electron chi connectivity index (χ0n) is 11.7. The first-order valence-electron chi connectivity index (χ1n) is 6.94. The SMILES string of the molecule is CN(C(=O)C1COc2ccccc2C1)C1CCNC1.Cl. The first-order chi connectivity index (χ1) is 9.25. The topological polar surface area (TPSA) is 41.6 Å². The molecule has 0 radical (unpaired) electrons. The first-order valence-corrected chi connectivity index (χ1v) is 6.94. The molecule has 3 rings (SSSR count). The van der Waals surface area contributed by atoms with Gasteiger partial charge in [0.25, 0.3) is 0 Å². The third kappa shape index (κ3) is 2.91. The van der Waals surface area contributed by atoms with Crippen LogP contribution in [-0.4, -0.2) is 43.6 Å². The molecule has 1 N–H and O–H groups in total. The first kappa shape index (κ1) is 15.1. The van der Waals surface area contributed by atoms with Gasteiger partial charge in [0.1, 0.15) is 12.4 Å². The Hall–Kier alpha value is -1.26. The van der Waals surface area contributed by atoms with Crippen molar-refractivity contribution in [1.82, 2.24) is 10.2 Å². The summed E-state index contributed by atoms with van der Waals surface area (Å²) in [5.41, 5.74) is 1.14. The van der Waals surface area contributed by atoms with E-state index in [1.807, 2.05) is 36.2 Å². The summed E-state index contributed by atoms with van der Waals surface area (Å²) in [6.45, 7) is 2.42. The average Bonchev–Trinajstić information content (AvgIpc) is 2.99. The van der Waals surface area contributed by atoms with Crippen LogP contribution in [0.3, 0.4) is 0 Å². The van der Waals surface area contributed by atoms with Crippen molar-refractivity contribution in [3.8, 4) is 5.75 Å². The van der Waals surface area contributed by atoms with Crippen LogP contribution < -0.4 is 10.1 Å². The normalized spacial score (nSPS) is 24.2. The third-order valence-corrected chi connectivity index (χ3v) is 4.16. The Morgan fingerprint density at radius 2 is 2.20 bits per heavy atom. The van der Waals surface area contributed by atoms with Gasteiger partial charge in [0, 0.05) is 19.6 Å². The van der Waals surface area contributed by atoms with E-state index in [4.69, 9.17) is 4.74 Å². The monoisotopic (exact) mass is 296 g/mol. The Morgan fingerprint density at radius 3 is 2.95 bits per heavy atom. The second kappa shape index (κ2) is 6.46. The molecule has 5 heteroatoms. The number of hydrogen-bond acceptors (Lipinski definition) is 3. The maximum absolute atomic E-state index is 12.5. The molecule has 0 aliphatic carbocycles. The molecule has 2 aliphatic heterocycles. The van der Waals surface area contributed by atoms with Crippen LogP contribution in [0.15, 0.2) is 24.3 Å². The van der Waals surface area contributed by atoms with Crippen molar-refractivity contribution in [2.75, 3.05) is 26.7 Å². The fourth-order valence-corrected chi connectivity index (χ4v) is 2.92. The number of fused-ring (bicyclic) bond motifs is 1. The number of nitrogens with zero attached hydrogens (tertiary/aromatic N) is 1. The molecule has 0 bridgehead atoms. The van der Waals surface area contributed by atoms with E-state index < -0.39 is 0 Å². The molecule has 0 aromatic heterocycles. The molecule has 110 valence electrons. The van der Waals surface area contributed by atoms with Gasteiger partial charge in [0.15, 0.2) is 0 Å². The van der Waals surface area contributed by atoms with Gasteiger partial charge in [-0.3, -0.25) is 4.79 Å². The van der Waals surface area contributed by atoms with Crippen molar-refractivity contribution in [1.29, 1.82) is 0 Å². The third-order valence-electron chi connectivity index (χ3n) is 4.16. The van der Waals surface area contributed by atoms with Gasteiger partial charge < -0.3 is 15.0 Å². The van der Waals surface area contributed by atoms with Crippen molar-refractivity contribution in [3.63, 3.8) is 0 Å². The number of nitrogens with one attached hydrogen (secondary N) is 1. The summed E-state index contributed by atoms with van der Waals surface area (Å²) in [4.78, 5) is 14.4. The van der Waals surface area contributed by atoms with E-state index in [0.29, 0.717) is 12.6 Å². The second-order valence-corrected chi connectivity index (χ2v) is 5.42. The van der Waals surface area contributed by atoms with Crippen molar-refractivity contribution in [2.45, 2.75) is 18.9 Å². The molecule has 2 aliphatic rings. The van der Waals surface area contributed by atoms with Crippen molar-refractivity contribution in [2.24, 2.45) is 5.92 Å². The summed E-state index contributed by atoms with van der Waals surface area (Å²) in [6, 6.07) is 8.33. The quantitative estimate of drug-likeness (QED) is 0.899. The number of para-hydroxylation sites is 1. The van der Waals surface area contributed by atoms with Crippen LogP contribution >= 0.6 is 12.4 Å². The molecule has 1 amide bonds. The molecule has 4 nitrogen and oxygen atoms in total. The number of likely N-dealkylation sites (N-methyl/N-ethyl adjacent to an activating group) is 1. The predicted octanol–water partition coefficient (Wildman–Crippen LogP) is 1.48. The van der Waals surface area contributed by atoms with Crippen LogP contribution in [0.25, 0.3) is 0 Å². The van der Waals surface area contributed by atoms with E-state index in [-0.39, 0.29) is 24.2 Å². The lowest BCUT2D eigenvalue weighted by molar-refractivity contribution is -0.137. The van der Waals surface area contributed by atoms with E-state index in [1.54, 1.807) is 0 Å². The molecule has 1 aromatic rings. The molecular weight excluding hydrogens is 276 g/mol. The number of carbonyl (C=O) groups is 1. The smallest absolute Gasteiger partial charge is 0.229 e. The summed E-state index contributed by atoms with van der Waals surface area (Å²) in [5.74, 6) is 1.10. The lowest BCUT2D eigenvalue weighted by Gasteiger charge is -2.31. The van der Waals surface area contributed by atoms with Crippen LogP contribution in [0, 0.1) is 5.92 Å². The van der Waals surface area contributed by atoms with Crippen molar-refractivity contribution >= 4 is 18.3 Å². The fraction of sp³-hybridized carbons (Fsp3) is 0.533. The van der Waals surface area contributed by atoms with E-state index in [2.05, 4.69) is 5.32 Å². The molecular formula is C15H21ClN2O2. The largest absolute Gasteiger partial charge is 0.492 e. The van der Waals surface area contributed by atoms with Crippen LogP contribution in [0.4, 0.5) is 0 Å². The van der Waals surface area contributed by atoms with Gasteiger partial charge in [-0.1, -0.05) is 18.2 Å². The molecule has 2 atom stereocenters. The highest BCUT2D eigenvalue weighted by atomic mass is 35.5. The Balaban J connectivity index is 0.00000147. The molecule has 1 saturated heterocycles. The fourth-order valence-electron chi connectivity index (χ4n) is 2.92. The predicted molar refractivity (Wildman–Crippen MR) is 80.4 cm³/mol. The number of halogens is 1. The minimum atomic E-state index is -0.0412. The number of amides is 1. The standard InChI is InChI=1S/C15H20N2O2.ClH/c1-17(13-6-7-16-9-13)15(18)12-8-11-4-2-3-5-14(11)19-10-12;/h2-5,12-13,16H,6-10H2,1H3;1H. The Morgan fingerprint density at radius 1 is 1.40 bits per heavy atom. The van der Waals surface area contributed by atoms with Gasteiger partial charge in [-0.15, -0.1) is 12.4 Å². The number of hydrogen-bond donors (Lipinski definition) is 1. The highest BCUT2D eigenvalue weighted by Crippen LogP contribution is 2.28. The lowest BCUT2D eigenvalue weighted by Crippen LogP contribution is -2.44. The van der Waals surface area contributed by atoms with E-state index in [1.165, 1.54) is 0 Å². The van der Waals surface area contributed by atoms with Gasteiger partial charge in [-0.2, -0.15) is 0 Å². The number of rotatable bonds is 2. The van der Waals surface area contributed by atoms with Gasteiger partial charge in [-0.05, 0) is 31.0 Å². The van der Waals surface area contributed by atoms with E-state index in [0.717, 1.165) is 37.2 Å². The highest BCUT2D eigenvalue weighted by Gasteiger charge is 2.31. The van der Waals surface area contributed by atoms with Gasteiger partial charge in [0.05, 0.1) is 5.92 Å². The summed E-state index contributed by atoms with van der Waals surface area (Å²) in [7, 11) is 1.92. The van der Waals surface area contributed by atoms with Gasteiger partial charge >= 0.3 is 0 Å². The number of ether oxygens (including phenoxy) is 1. The lowest BCUT2D eigenvalue weighted by atomic mass is 9.95. The molecule has 2 unspecified atom stereocenters. The molecule has 20 heavy (non-hydrogen) atoms. The molecule has 0 spiro atoms. The Kier molecular flexibility index (Phi) is 4.89. The maximum atomic E-state index is 12.5. The van der Waals surface area contributed by atoms with Crippen molar-refractivity contribution in [3.05, 3.63) is 29.8 Å². The van der Waals surface area contributed by atoms with Gasteiger partial charge in [-0.25, -0.2) is 0 Å². The molecule has 0 saturated carbocycles. The summed E-state index contributed by atoms with van der Waals surface area (Å²) < 4.78 is 5.71. The van der Waals surface area contributed by atoms with E-state index >= 15 is 0 Å². The summed E-state index contributed by atoms with van der Waals surface area (Å²) in [5, 5.41) is 3.30. The maximum Gasteiger partial charge on any atom is 0.229 e. The summed E-state index contributed by atoms with van der Waals surface area (Å²) >= 11 is 0. The highest BCUT2D eigenvalue weighted by molar-refractivity contribution is 5.85. The van der Waals surface area contributed by atoms with Crippen LogP contribution in [-0.2, 0) is 11.2 Å².